The van der Waals surface area contributed by atoms with E-state index >= 15 is 0 Å². The molecule has 190 valence electrons. The summed E-state index contributed by atoms with van der Waals surface area (Å²) in [5, 5.41) is 15.6. The minimum absolute atomic E-state index is 0.201. The number of carbonyl (C=O) groups excluding carboxylic acids is 3. The van der Waals surface area contributed by atoms with Crippen molar-refractivity contribution in [2.24, 2.45) is 0 Å². The minimum Gasteiger partial charge on any atom is -0.872 e. The first kappa shape index (κ1) is 25.0. The number of hydrogen-bond donors (Lipinski definition) is 0. The molecule has 0 saturated heterocycles. The summed E-state index contributed by atoms with van der Waals surface area (Å²) in [4.78, 5) is 39.6. The van der Waals surface area contributed by atoms with Gasteiger partial charge in [0.2, 0.25) is 11.6 Å². The van der Waals surface area contributed by atoms with E-state index in [0.29, 0.717) is 23.5 Å². The Hall–Kier alpha value is -4.71. The highest BCUT2D eigenvalue weighted by Crippen LogP contribution is 2.39. The standard InChI is InChI=1S/C32H26O6/c1-3-37-24-15-14-21(19(2)16-24)18-27(33)30(35)28(31-25-10-6-7-11-26(25)32(36)38-31)29(34)23-13-12-20-8-4-5-9-22(20)17-23/h4-17,31,34H,3,18H2,1-2H3/p-1. The van der Waals surface area contributed by atoms with Crippen molar-refractivity contribution in [3.05, 3.63) is 118 Å². The fourth-order valence-corrected chi connectivity index (χ4v) is 4.71. The lowest BCUT2D eigenvalue weighted by Gasteiger charge is -2.23. The van der Waals surface area contributed by atoms with Gasteiger partial charge in [-0.3, -0.25) is 9.59 Å². The van der Waals surface area contributed by atoms with Gasteiger partial charge in [-0.25, -0.2) is 4.79 Å². The van der Waals surface area contributed by atoms with Gasteiger partial charge in [-0.2, -0.15) is 0 Å². The molecule has 0 saturated carbocycles. The highest BCUT2D eigenvalue weighted by molar-refractivity contribution is 6.45. The molecule has 0 amide bonds. The number of carbonyl (C=O) groups is 3. The Bertz CT molecular complexity index is 1610. The van der Waals surface area contributed by atoms with Gasteiger partial charge >= 0.3 is 5.97 Å². The molecule has 1 aliphatic heterocycles. The zero-order chi connectivity index (χ0) is 26.8. The summed E-state index contributed by atoms with van der Waals surface area (Å²) >= 11 is 0. The molecule has 38 heavy (non-hydrogen) atoms. The molecule has 5 rings (SSSR count). The number of hydrogen-bond acceptors (Lipinski definition) is 6. The van der Waals surface area contributed by atoms with E-state index in [1.54, 1.807) is 60.7 Å². The Morgan fingerprint density at radius 2 is 1.66 bits per heavy atom. The topological polar surface area (TPSA) is 92.7 Å². The molecule has 4 aromatic carbocycles. The normalized spacial score (nSPS) is 15.0. The zero-order valence-electron chi connectivity index (χ0n) is 21.0. The van der Waals surface area contributed by atoms with Crippen LogP contribution in [0, 0.1) is 6.92 Å². The Balaban J connectivity index is 1.57. The third-order valence-electron chi connectivity index (χ3n) is 6.68. The first-order valence-corrected chi connectivity index (χ1v) is 12.4. The molecular formula is C32H25O6-. The molecule has 1 unspecified atom stereocenters. The Kier molecular flexibility index (Phi) is 6.79. The largest absolute Gasteiger partial charge is 0.872 e. The Labute approximate surface area is 220 Å². The molecule has 0 bridgehead atoms. The fourth-order valence-electron chi connectivity index (χ4n) is 4.71. The van der Waals surface area contributed by atoms with E-state index in [-0.39, 0.29) is 23.1 Å². The lowest BCUT2D eigenvalue weighted by atomic mass is 9.89. The molecule has 1 aliphatic rings. The van der Waals surface area contributed by atoms with Crippen LogP contribution in [0.2, 0.25) is 0 Å². The van der Waals surface area contributed by atoms with Crippen LogP contribution in [0.1, 0.15) is 45.6 Å². The van der Waals surface area contributed by atoms with Crippen LogP contribution in [-0.4, -0.2) is 24.1 Å². The van der Waals surface area contributed by atoms with Gasteiger partial charge in [0.15, 0.2) is 6.10 Å². The summed E-state index contributed by atoms with van der Waals surface area (Å²) < 4.78 is 11.0. The maximum Gasteiger partial charge on any atom is 0.339 e. The molecule has 6 heteroatoms. The Morgan fingerprint density at radius 3 is 2.42 bits per heavy atom. The molecule has 0 aliphatic carbocycles. The monoisotopic (exact) mass is 505 g/mol. The van der Waals surface area contributed by atoms with Crippen LogP contribution in [0.25, 0.3) is 16.5 Å². The summed E-state index contributed by atoms with van der Waals surface area (Å²) in [6.45, 7) is 4.21. The average Bonchev–Trinajstić information content (AvgIpc) is 3.26. The van der Waals surface area contributed by atoms with Crippen molar-refractivity contribution in [3.8, 4) is 5.75 Å². The second-order valence-corrected chi connectivity index (χ2v) is 9.13. The number of Topliss-reactive ketones (excluding diaryl/α,β-unsaturated/α-hetero) is 2. The van der Waals surface area contributed by atoms with Crippen LogP contribution in [0.15, 0.2) is 90.5 Å². The lowest BCUT2D eigenvalue weighted by molar-refractivity contribution is -0.245. The molecule has 6 nitrogen and oxygen atoms in total. The van der Waals surface area contributed by atoms with E-state index in [1.807, 2.05) is 38.1 Å². The van der Waals surface area contributed by atoms with Crippen LogP contribution in [0.4, 0.5) is 0 Å². The summed E-state index contributed by atoms with van der Waals surface area (Å²) in [6, 6.07) is 24.4. The number of ketones is 2. The van der Waals surface area contributed by atoms with Gasteiger partial charge in [0.25, 0.3) is 0 Å². The van der Waals surface area contributed by atoms with Gasteiger partial charge in [0, 0.05) is 17.6 Å². The lowest BCUT2D eigenvalue weighted by Crippen LogP contribution is -2.26. The molecule has 0 spiro atoms. The van der Waals surface area contributed by atoms with Crippen molar-refractivity contribution in [3.63, 3.8) is 0 Å². The van der Waals surface area contributed by atoms with Crippen LogP contribution in [0.3, 0.4) is 0 Å². The number of aryl methyl sites for hydroxylation is 1. The summed E-state index contributed by atoms with van der Waals surface area (Å²) in [7, 11) is 0. The zero-order valence-corrected chi connectivity index (χ0v) is 21.0. The molecule has 0 radical (unpaired) electrons. The summed E-state index contributed by atoms with van der Waals surface area (Å²) in [5.74, 6) is -2.35. The predicted octanol–water partition coefficient (Wildman–Crippen LogP) is 4.91. The van der Waals surface area contributed by atoms with Crippen LogP contribution >= 0.6 is 0 Å². The van der Waals surface area contributed by atoms with Crippen molar-refractivity contribution in [1.29, 1.82) is 0 Å². The average molecular weight is 506 g/mol. The van der Waals surface area contributed by atoms with Gasteiger partial charge in [-0.15, -0.1) is 0 Å². The maximum atomic E-state index is 13.9. The Morgan fingerprint density at radius 1 is 0.921 bits per heavy atom. The van der Waals surface area contributed by atoms with E-state index in [4.69, 9.17) is 9.47 Å². The van der Waals surface area contributed by atoms with Crippen LogP contribution in [-0.2, 0) is 20.7 Å². The van der Waals surface area contributed by atoms with Crippen molar-refractivity contribution in [1.82, 2.24) is 0 Å². The van der Waals surface area contributed by atoms with E-state index < -0.39 is 29.4 Å². The number of fused-ring (bicyclic) bond motifs is 2. The minimum atomic E-state index is -1.27. The van der Waals surface area contributed by atoms with E-state index in [0.717, 1.165) is 16.3 Å². The molecule has 0 N–H and O–H groups in total. The highest BCUT2D eigenvalue weighted by atomic mass is 16.5. The first-order valence-electron chi connectivity index (χ1n) is 12.4. The van der Waals surface area contributed by atoms with Crippen molar-refractivity contribution >= 4 is 34.1 Å². The molecule has 0 fully saturated rings. The van der Waals surface area contributed by atoms with Gasteiger partial charge in [-0.1, -0.05) is 66.4 Å². The number of esters is 1. The van der Waals surface area contributed by atoms with Crippen molar-refractivity contribution in [2.45, 2.75) is 26.4 Å². The van der Waals surface area contributed by atoms with Gasteiger partial charge in [0.05, 0.1) is 12.2 Å². The van der Waals surface area contributed by atoms with Crippen LogP contribution in [0.5, 0.6) is 5.75 Å². The second kappa shape index (κ2) is 10.3. The molecule has 4 aromatic rings. The summed E-state index contributed by atoms with van der Waals surface area (Å²) in [5.41, 5.74) is 1.96. The number of ether oxygens (including phenoxy) is 2. The molecular weight excluding hydrogens is 480 g/mol. The maximum absolute atomic E-state index is 13.9. The van der Waals surface area contributed by atoms with Crippen molar-refractivity contribution < 1.29 is 29.0 Å². The quantitative estimate of drug-likeness (QED) is 0.146. The second-order valence-electron chi connectivity index (χ2n) is 9.13. The van der Waals surface area contributed by atoms with E-state index in [9.17, 15) is 19.5 Å². The van der Waals surface area contributed by atoms with E-state index in [1.165, 1.54) is 0 Å². The number of cyclic esters (lactones) is 1. The SMILES string of the molecule is CCOc1ccc(CC(=O)C(=O)C(=C([O-])c2ccc3ccccc3c2)C2OC(=O)c3ccccc32)c(C)c1. The first-order chi connectivity index (χ1) is 18.4. The van der Waals surface area contributed by atoms with Gasteiger partial charge in [-0.05, 0) is 65.6 Å². The number of benzene rings is 4. The smallest absolute Gasteiger partial charge is 0.339 e. The van der Waals surface area contributed by atoms with Gasteiger partial charge < -0.3 is 14.6 Å². The third-order valence-corrected chi connectivity index (χ3v) is 6.68. The highest BCUT2D eigenvalue weighted by Gasteiger charge is 2.38. The fraction of sp³-hybridized carbons (Fsp3) is 0.156. The van der Waals surface area contributed by atoms with Crippen LogP contribution < -0.4 is 9.84 Å². The third kappa shape index (κ3) is 4.68. The number of rotatable bonds is 8. The van der Waals surface area contributed by atoms with Gasteiger partial charge in [0.1, 0.15) is 5.75 Å². The molecule has 1 heterocycles. The van der Waals surface area contributed by atoms with E-state index in [2.05, 4.69) is 0 Å². The molecule has 0 aromatic heterocycles. The molecule has 1 atom stereocenters. The summed E-state index contributed by atoms with van der Waals surface area (Å²) in [6.07, 6.45) is -1.47. The predicted molar refractivity (Wildman–Crippen MR) is 142 cm³/mol. The van der Waals surface area contributed by atoms with Crippen molar-refractivity contribution in [2.75, 3.05) is 6.61 Å².